The highest BCUT2D eigenvalue weighted by Gasteiger charge is 2.21. The van der Waals surface area contributed by atoms with Crippen molar-refractivity contribution < 1.29 is 23.7 Å². The molecule has 9 heteroatoms. The van der Waals surface area contributed by atoms with Crippen LogP contribution < -0.4 is 19.1 Å². The van der Waals surface area contributed by atoms with E-state index in [0.717, 1.165) is 41.0 Å². The molecule has 0 atom stereocenters. The van der Waals surface area contributed by atoms with Crippen molar-refractivity contribution in [2.45, 2.75) is 13.8 Å². The van der Waals surface area contributed by atoms with Gasteiger partial charge < -0.3 is 18.9 Å². The number of hydrogen-bond donors (Lipinski definition) is 0. The predicted octanol–water partition coefficient (Wildman–Crippen LogP) is 4.32. The number of thiazole rings is 1. The first-order valence-electron chi connectivity index (χ1n) is 11.9. The minimum atomic E-state index is -0.134. The van der Waals surface area contributed by atoms with Gasteiger partial charge in [0.15, 0.2) is 16.6 Å². The number of benzene rings is 2. The molecule has 192 valence electrons. The SMILES string of the molecule is COc1cc(/C=C/C(=O)N(CCN2CCOCC2)c2nc3cc(C)cc(C)c3s2)cc(OC)c1OC. The van der Waals surface area contributed by atoms with Crippen molar-refractivity contribution in [1.82, 2.24) is 9.88 Å². The fourth-order valence-corrected chi connectivity index (χ4v) is 5.35. The molecule has 0 unspecified atom stereocenters. The fourth-order valence-electron chi connectivity index (χ4n) is 4.30. The molecular formula is C27H33N3O5S. The molecule has 1 aliphatic heterocycles. The molecule has 2 aromatic carbocycles. The second-order valence-electron chi connectivity index (χ2n) is 8.66. The van der Waals surface area contributed by atoms with Gasteiger partial charge in [-0.05, 0) is 54.8 Å². The van der Waals surface area contributed by atoms with Crippen LogP contribution in [-0.2, 0) is 9.53 Å². The number of amides is 1. The maximum atomic E-state index is 13.5. The maximum absolute atomic E-state index is 13.5. The summed E-state index contributed by atoms with van der Waals surface area (Å²) in [5, 5.41) is 0.700. The van der Waals surface area contributed by atoms with Gasteiger partial charge in [0, 0.05) is 32.3 Å². The summed E-state index contributed by atoms with van der Waals surface area (Å²) in [4.78, 5) is 22.4. The lowest BCUT2D eigenvalue weighted by molar-refractivity contribution is -0.114. The molecule has 0 bridgehead atoms. The summed E-state index contributed by atoms with van der Waals surface area (Å²) in [6.45, 7) is 8.60. The molecular weight excluding hydrogens is 478 g/mol. The van der Waals surface area contributed by atoms with Crippen LogP contribution in [-0.4, -0.2) is 76.5 Å². The number of carbonyl (C=O) groups excluding carboxylic acids is 1. The number of aromatic nitrogens is 1. The molecule has 1 saturated heterocycles. The van der Waals surface area contributed by atoms with Gasteiger partial charge in [0.05, 0.1) is 44.8 Å². The van der Waals surface area contributed by atoms with Crippen LogP contribution in [0.3, 0.4) is 0 Å². The fraction of sp³-hybridized carbons (Fsp3) is 0.407. The molecule has 36 heavy (non-hydrogen) atoms. The van der Waals surface area contributed by atoms with Crippen LogP contribution in [0.15, 0.2) is 30.3 Å². The number of fused-ring (bicyclic) bond motifs is 1. The number of carbonyl (C=O) groups is 1. The molecule has 1 aromatic heterocycles. The summed E-state index contributed by atoms with van der Waals surface area (Å²) < 4.78 is 22.9. The van der Waals surface area contributed by atoms with E-state index in [1.165, 1.54) is 5.56 Å². The highest BCUT2D eigenvalue weighted by atomic mass is 32.1. The van der Waals surface area contributed by atoms with Crippen LogP contribution in [0.4, 0.5) is 5.13 Å². The first-order valence-corrected chi connectivity index (χ1v) is 12.7. The number of anilines is 1. The second-order valence-corrected chi connectivity index (χ2v) is 9.64. The third kappa shape index (κ3) is 5.80. The summed E-state index contributed by atoms with van der Waals surface area (Å²) in [6, 6.07) is 7.84. The second kappa shape index (κ2) is 11.7. The maximum Gasteiger partial charge on any atom is 0.252 e. The van der Waals surface area contributed by atoms with Gasteiger partial charge in [0.1, 0.15) is 0 Å². The average Bonchev–Trinajstić information content (AvgIpc) is 3.31. The van der Waals surface area contributed by atoms with Crippen molar-refractivity contribution in [2.75, 3.05) is 65.6 Å². The molecule has 0 aliphatic carbocycles. The number of morpholine rings is 1. The van der Waals surface area contributed by atoms with E-state index in [1.54, 1.807) is 49.7 Å². The largest absolute Gasteiger partial charge is 0.493 e. The number of aryl methyl sites for hydroxylation is 2. The van der Waals surface area contributed by atoms with Crippen LogP contribution in [0.5, 0.6) is 17.2 Å². The zero-order valence-electron chi connectivity index (χ0n) is 21.5. The minimum Gasteiger partial charge on any atom is -0.493 e. The summed E-state index contributed by atoms with van der Waals surface area (Å²) in [5.74, 6) is 1.44. The van der Waals surface area contributed by atoms with E-state index in [4.69, 9.17) is 23.9 Å². The average molecular weight is 512 g/mol. The lowest BCUT2D eigenvalue weighted by Gasteiger charge is -2.28. The molecule has 0 radical (unpaired) electrons. The topological polar surface area (TPSA) is 73.4 Å². The summed E-state index contributed by atoms with van der Waals surface area (Å²) in [5.41, 5.74) is 4.01. The Bertz CT molecular complexity index is 1220. The first-order chi connectivity index (χ1) is 17.4. The van der Waals surface area contributed by atoms with E-state index in [9.17, 15) is 4.79 Å². The Hall–Kier alpha value is -3.14. The molecule has 0 N–H and O–H groups in total. The van der Waals surface area contributed by atoms with Crippen molar-refractivity contribution in [3.8, 4) is 17.2 Å². The summed E-state index contributed by atoms with van der Waals surface area (Å²) in [7, 11) is 4.70. The number of nitrogens with zero attached hydrogens (tertiary/aromatic N) is 3. The molecule has 0 spiro atoms. The molecule has 2 heterocycles. The van der Waals surface area contributed by atoms with Crippen LogP contribution in [0.25, 0.3) is 16.3 Å². The van der Waals surface area contributed by atoms with Gasteiger partial charge in [0.2, 0.25) is 5.75 Å². The zero-order valence-corrected chi connectivity index (χ0v) is 22.3. The van der Waals surface area contributed by atoms with Gasteiger partial charge in [-0.15, -0.1) is 0 Å². The lowest BCUT2D eigenvalue weighted by Crippen LogP contribution is -2.42. The van der Waals surface area contributed by atoms with Crippen LogP contribution in [0.1, 0.15) is 16.7 Å². The summed E-state index contributed by atoms with van der Waals surface area (Å²) >= 11 is 1.55. The third-order valence-corrected chi connectivity index (χ3v) is 7.38. The molecule has 4 rings (SSSR count). The quantitative estimate of drug-likeness (QED) is 0.396. The van der Waals surface area contributed by atoms with Crippen LogP contribution in [0.2, 0.25) is 0 Å². The number of hydrogen-bond acceptors (Lipinski definition) is 8. The molecule has 1 amide bonds. The zero-order chi connectivity index (χ0) is 25.7. The smallest absolute Gasteiger partial charge is 0.252 e. The van der Waals surface area contributed by atoms with Gasteiger partial charge in [0.25, 0.3) is 5.91 Å². The lowest BCUT2D eigenvalue weighted by atomic mass is 10.1. The van der Waals surface area contributed by atoms with Crippen LogP contribution in [0, 0.1) is 13.8 Å². The minimum absolute atomic E-state index is 0.134. The Kier molecular flexibility index (Phi) is 8.45. The molecule has 1 fully saturated rings. The molecule has 8 nitrogen and oxygen atoms in total. The first kappa shape index (κ1) is 25.9. The van der Waals surface area contributed by atoms with E-state index < -0.39 is 0 Å². The van der Waals surface area contributed by atoms with Crippen molar-refractivity contribution in [3.05, 3.63) is 47.0 Å². The third-order valence-electron chi connectivity index (χ3n) is 6.15. The van der Waals surface area contributed by atoms with Crippen molar-refractivity contribution in [3.63, 3.8) is 0 Å². The Labute approximate surface area is 216 Å². The van der Waals surface area contributed by atoms with E-state index >= 15 is 0 Å². The Morgan fingerprint density at radius 3 is 2.42 bits per heavy atom. The number of methoxy groups -OCH3 is 3. The summed E-state index contributed by atoms with van der Waals surface area (Å²) in [6.07, 6.45) is 3.33. The molecule has 3 aromatic rings. The van der Waals surface area contributed by atoms with Gasteiger partial charge >= 0.3 is 0 Å². The highest BCUT2D eigenvalue weighted by molar-refractivity contribution is 7.22. The van der Waals surface area contributed by atoms with Gasteiger partial charge in [-0.25, -0.2) is 4.98 Å². The van der Waals surface area contributed by atoms with Gasteiger partial charge in [-0.2, -0.15) is 0 Å². The highest BCUT2D eigenvalue weighted by Crippen LogP contribution is 2.38. The Morgan fingerprint density at radius 2 is 1.78 bits per heavy atom. The Balaban J connectivity index is 1.63. The van der Waals surface area contributed by atoms with E-state index in [2.05, 4.69) is 30.9 Å². The number of rotatable bonds is 9. The normalized spacial score (nSPS) is 14.4. The van der Waals surface area contributed by atoms with E-state index in [0.29, 0.717) is 42.1 Å². The Morgan fingerprint density at radius 1 is 1.08 bits per heavy atom. The number of ether oxygens (including phenoxy) is 4. The van der Waals surface area contributed by atoms with Crippen molar-refractivity contribution >= 4 is 38.7 Å². The van der Waals surface area contributed by atoms with Gasteiger partial charge in [-0.3, -0.25) is 14.6 Å². The van der Waals surface area contributed by atoms with Crippen molar-refractivity contribution in [2.24, 2.45) is 0 Å². The molecule has 0 saturated carbocycles. The monoisotopic (exact) mass is 511 g/mol. The van der Waals surface area contributed by atoms with E-state index in [-0.39, 0.29) is 5.91 Å². The van der Waals surface area contributed by atoms with Crippen LogP contribution >= 0.6 is 11.3 Å². The van der Waals surface area contributed by atoms with E-state index in [1.807, 2.05) is 12.1 Å². The molecule has 1 aliphatic rings. The van der Waals surface area contributed by atoms with Crippen molar-refractivity contribution in [1.29, 1.82) is 0 Å². The van der Waals surface area contributed by atoms with Gasteiger partial charge in [-0.1, -0.05) is 17.4 Å². The predicted molar refractivity (Wildman–Crippen MR) is 144 cm³/mol. The standard InChI is InChI=1S/C27H33N3O5S/c1-18-14-19(2)26-21(15-18)28-27(36-26)30(9-8-29-10-12-35-13-11-29)24(31)7-6-20-16-22(32-3)25(34-5)23(17-20)33-4/h6-7,14-17H,8-13H2,1-5H3/b7-6+.